The third-order valence-corrected chi connectivity index (χ3v) is 5.11. The molecule has 4 rings (SSSR count). The Bertz CT molecular complexity index is 1370. The highest BCUT2D eigenvalue weighted by molar-refractivity contribution is 5.90. The van der Waals surface area contributed by atoms with Crippen molar-refractivity contribution in [2.75, 3.05) is 5.32 Å². The van der Waals surface area contributed by atoms with Gasteiger partial charge in [-0.15, -0.1) is 0 Å². The third-order valence-electron chi connectivity index (χ3n) is 5.11. The van der Waals surface area contributed by atoms with E-state index in [0.29, 0.717) is 23.4 Å². The van der Waals surface area contributed by atoms with Crippen LogP contribution in [0.25, 0.3) is 11.2 Å². The Morgan fingerprint density at radius 1 is 1.03 bits per heavy atom. The highest BCUT2D eigenvalue weighted by Crippen LogP contribution is 2.11. The number of benzene rings is 2. The minimum Gasteiger partial charge on any atom is -0.325 e. The normalized spacial score (nSPS) is 11.0. The van der Waals surface area contributed by atoms with E-state index in [1.807, 2.05) is 62.4 Å². The molecule has 8 nitrogen and oxygen atoms in total. The summed E-state index contributed by atoms with van der Waals surface area (Å²) < 4.78 is 4.11. The lowest BCUT2D eigenvalue weighted by molar-refractivity contribution is -0.116. The number of fused-ring (bicyclic) bond motifs is 1. The lowest BCUT2D eigenvalue weighted by Gasteiger charge is -2.13. The Balaban J connectivity index is 1.78. The fraction of sp³-hybridized carbons (Fsp3) is 0.217. The molecule has 2 aromatic heterocycles. The first-order chi connectivity index (χ1) is 15.0. The van der Waals surface area contributed by atoms with Crippen LogP contribution in [-0.4, -0.2) is 24.6 Å². The number of hydrogen-bond acceptors (Lipinski definition) is 4. The van der Waals surface area contributed by atoms with E-state index in [1.165, 1.54) is 4.57 Å². The molecule has 8 heteroatoms. The largest absolute Gasteiger partial charge is 0.333 e. The molecule has 1 N–H and O–H groups in total. The second-order valence-corrected chi connectivity index (χ2v) is 7.37. The zero-order valence-corrected chi connectivity index (χ0v) is 17.4. The molecule has 4 aromatic rings. The summed E-state index contributed by atoms with van der Waals surface area (Å²) in [6, 6.07) is 16.8. The molecule has 0 saturated carbocycles. The van der Waals surface area contributed by atoms with Crippen molar-refractivity contribution in [2.24, 2.45) is 0 Å². The van der Waals surface area contributed by atoms with E-state index in [4.69, 9.17) is 0 Å². The average Bonchev–Trinajstić information content (AvgIpc) is 3.19. The Hall–Kier alpha value is -3.94. The Morgan fingerprint density at radius 2 is 1.81 bits per heavy atom. The van der Waals surface area contributed by atoms with Gasteiger partial charge in [0.05, 0.1) is 12.9 Å². The zero-order valence-electron chi connectivity index (χ0n) is 17.4. The van der Waals surface area contributed by atoms with Crippen molar-refractivity contribution in [3.05, 3.63) is 92.9 Å². The molecule has 0 fully saturated rings. The average molecular weight is 417 g/mol. The topological polar surface area (TPSA) is 90.9 Å². The van der Waals surface area contributed by atoms with Crippen LogP contribution in [0.1, 0.15) is 18.1 Å². The van der Waals surface area contributed by atoms with Crippen LogP contribution in [0.3, 0.4) is 0 Å². The van der Waals surface area contributed by atoms with Crippen molar-refractivity contribution in [1.82, 2.24) is 18.7 Å². The fourth-order valence-electron chi connectivity index (χ4n) is 3.59. The minimum atomic E-state index is -0.568. The number of carbonyl (C=O) groups excluding carboxylic acids is 1. The molecule has 0 saturated heterocycles. The molecule has 2 aromatic carbocycles. The second kappa shape index (κ2) is 8.43. The summed E-state index contributed by atoms with van der Waals surface area (Å²) in [5.74, 6) is -0.446. The monoisotopic (exact) mass is 417 g/mol. The number of aromatic nitrogens is 4. The van der Waals surface area contributed by atoms with Gasteiger partial charge in [-0.1, -0.05) is 42.5 Å². The summed E-state index contributed by atoms with van der Waals surface area (Å²) in [6.45, 7) is 4.19. The number of amides is 1. The molecule has 0 aliphatic rings. The van der Waals surface area contributed by atoms with Gasteiger partial charge < -0.3 is 9.88 Å². The van der Waals surface area contributed by atoms with Crippen LogP contribution in [-0.2, 0) is 24.4 Å². The van der Waals surface area contributed by atoms with Gasteiger partial charge in [0.1, 0.15) is 6.54 Å². The molecule has 1 amide bonds. The van der Waals surface area contributed by atoms with Crippen molar-refractivity contribution >= 4 is 22.8 Å². The number of nitrogens with one attached hydrogen (secondary N) is 1. The predicted molar refractivity (Wildman–Crippen MR) is 119 cm³/mol. The minimum absolute atomic E-state index is 0.247. The van der Waals surface area contributed by atoms with Gasteiger partial charge in [-0.3, -0.25) is 14.2 Å². The molecular formula is C23H23N5O3. The standard InChI is InChI=1S/C23H23N5O3/c1-3-26-15-24-21-20(26)22(30)28(14-19(29)25-18-11-7-8-16(2)12-18)23(31)27(21)13-17-9-5-4-6-10-17/h4-12,15H,3,13-14H2,1-2H3,(H,25,29). The van der Waals surface area contributed by atoms with Crippen molar-refractivity contribution < 1.29 is 4.79 Å². The SMILES string of the molecule is CCn1cnc2c1c(=O)n(CC(=O)Nc1cccc(C)c1)c(=O)n2Cc1ccccc1. The number of aryl methyl sites for hydroxylation is 2. The molecule has 0 aliphatic heterocycles. The maximum Gasteiger partial charge on any atom is 0.333 e. The van der Waals surface area contributed by atoms with Gasteiger partial charge in [0, 0.05) is 12.2 Å². The van der Waals surface area contributed by atoms with Gasteiger partial charge in [-0.2, -0.15) is 0 Å². The maximum atomic E-state index is 13.2. The third kappa shape index (κ3) is 4.05. The molecule has 0 atom stereocenters. The van der Waals surface area contributed by atoms with Gasteiger partial charge in [-0.25, -0.2) is 14.3 Å². The lowest BCUT2D eigenvalue weighted by atomic mass is 10.2. The van der Waals surface area contributed by atoms with E-state index in [2.05, 4.69) is 10.3 Å². The first-order valence-corrected chi connectivity index (χ1v) is 10.1. The van der Waals surface area contributed by atoms with Crippen molar-refractivity contribution in [3.8, 4) is 0 Å². The summed E-state index contributed by atoms with van der Waals surface area (Å²) in [4.78, 5) is 43.4. The molecule has 2 heterocycles. The van der Waals surface area contributed by atoms with Crippen LogP contribution >= 0.6 is 0 Å². The number of rotatable bonds is 6. The number of carbonyl (C=O) groups is 1. The van der Waals surface area contributed by atoms with Crippen LogP contribution in [0.4, 0.5) is 5.69 Å². The summed E-state index contributed by atoms with van der Waals surface area (Å²) in [6.07, 6.45) is 1.55. The Morgan fingerprint density at radius 3 is 2.52 bits per heavy atom. The molecule has 0 spiro atoms. The Kier molecular flexibility index (Phi) is 5.53. The Labute approximate surface area is 178 Å². The maximum absolute atomic E-state index is 13.2. The molecule has 0 bridgehead atoms. The molecule has 31 heavy (non-hydrogen) atoms. The molecule has 0 unspecified atom stereocenters. The van der Waals surface area contributed by atoms with E-state index >= 15 is 0 Å². The van der Waals surface area contributed by atoms with Crippen molar-refractivity contribution in [1.29, 1.82) is 0 Å². The van der Waals surface area contributed by atoms with Gasteiger partial charge in [0.15, 0.2) is 11.2 Å². The quantitative estimate of drug-likeness (QED) is 0.521. The first-order valence-electron chi connectivity index (χ1n) is 10.1. The first kappa shape index (κ1) is 20.3. The van der Waals surface area contributed by atoms with Crippen LogP contribution in [0.2, 0.25) is 0 Å². The van der Waals surface area contributed by atoms with Gasteiger partial charge in [-0.05, 0) is 37.1 Å². The van der Waals surface area contributed by atoms with E-state index < -0.39 is 17.2 Å². The summed E-state index contributed by atoms with van der Waals surface area (Å²) in [7, 11) is 0. The number of hydrogen-bond donors (Lipinski definition) is 1. The zero-order chi connectivity index (χ0) is 22.0. The van der Waals surface area contributed by atoms with Crippen LogP contribution < -0.4 is 16.6 Å². The molecule has 0 radical (unpaired) electrons. The van der Waals surface area contributed by atoms with Crippen LogP contribution in [0.5, 0.6) is 0 Å². The van der Waals surface area contributed by atoms with Crippen LogP contribution in [0.15, 0.2) is 70.5 Å². The summed E-state index contributed by atoms with van der Waals surface area (Å²) in [5.41, 5.74) is 2.03. The van der Waals surface area contributed by atoms with E-state index in [0.717, 1.165) is 15.7 Å². The van der Waals surface area contributed by atoms with E-state index in [-0.39, 0.29) is 13.1 Å². The number of nitrogens with zero attached hydrogens (tertiary/aromatic N) is 4. The van der Waals surface area contributed by atoms with E-state index in [1.54, 1.807) is 17.0 Å². The smallest absolute Gasteiger partial charge is 0.325 e. The van der Waals surface area contributed by atoms with Crippen LogP contribution in [0, 0.1) is 6.92 Å². The van der Waals surface area contributed by atoms with E-state index in [9.17, 15) is 14.4 Å². The molecular weight excluding hydrogens is 394 g/mol. The number of anilines is 1. The molecule has 0 aliphatic carbocycles. The van der Waals surface area contributed by atoms with Gasteiger partial charge in [0.25, 0.3) is 5.56 Å². The highest BCUT2D eigenvalue weighted by Gasteiger charge is 2.19. The fourth-order valence-corrected chi connectivity index (χ4v) is 3.59. The lowest BCUT2D eigenvalue weighted by Crippen LogP contribution is -2.43. The highest BCUT2D eigenvalue weighted by atomic mass is 16.2. The van der Waals surface area contributed by atoms with Crippen molar-refractivity contribution in [3.63, 3.8) is 0 Å². The number of imidazole rings is 1. The molecule has 158 valence electrons. The predicted octanol–water partition coefficient (Wildman–Crippen LogP) is 2.38. The van der Waals surface area contributed by atoms with Gasteiger partial charge in [0.2, 0.25) is 5.91 Å². The summed E-state index contributed by atoms with van der Waals surface area (Å²) in [5, 5.41) is 2.76. The van der Waals surface area contributed by atoms with Crippen molar-refractivity contribution in [2.45, 2.75) is 33.5 Å². The summed E-state index contributed by atoms with van der Waals surface area (Å²) >= 11 is 0. The van der Waals surface area contributed by atoms with Gasteiger partial charge >= 0.3 is 5.69 Å². The second-order valence-electron chi connectivity index (χ2n) is 7.37.